The van der Waals surface area contributed by atoms with E-state index in [9.17, 15) is 9.59 Å². The summed E-state index contributed by atoms with van der Waals surface area (Å²) in [4.78, 5) is 26.5. The summed E-state index contributed by atoms with van der Waals surface area (Å²) < 4.78 is 18.5. The van der Waals surface area contributed by atoms with Gasteiger partial charge in [0.05, 0.1) is 16.0 Å². The van der Waals surface area contributed by atoms with Crippen molar-refractivity contribution >= 4 is 60.8 Å². The predicted octanol–water partition coefficient (Wildman–Crippen LogP) is 6.26. The van der Waals surface area contributed by atoms with Gasteiger partial charge >= 0.3 is 0 Å². The Morgan fingerprint density at radius 1 is 1.09 bits per heavy atom. The summed E-state index contributed by atoms with van der Waals surface area (Å²) in [7, 11) is 1.59. The van der Waals surface area contributed by atoms with E-state index in [1.807, 2.05) is 43.3 Å². The Morgan fingerprint density at radius 3 is 2.53 bits per heavy atom. The highest BCUT2D eigenvalue weighted by Gasteiger charge is 2.34. The zero-order valence-electron chi connectivity index (χ0n) is 17.7. The molecule has 170 valence electrons. The fourth-order valence-corrected chi connectivity index (χ4v) is 4.73. The number of amides is 2. The lowest BCUT2D eigenvalue weighted by atomic mass is 10.1. The molecular weight excluding hydrogens is 562 g/mol. The van der Waals surface area contributed by atoms with Gasteiger partial charge in [0, 0.05) is 24.7 Å². The molecule has 0 spiro atoms. The molecule has 0 bridgehead atoms. The van der Waals surface area contributed by atoms with Gasteiger partial charge in [-0.25, -0.2) is 0 Å². The highest BCUT2D eigenvalue weighted by molar-refractivity contribution is 9.10. The predicted molar refractivity (Wildman–Crippen MR) is 133 cm³/mol. The molecule has 1 saturated heterocycles. The van der Waals surface area contributed by atoms with Crippen LogP contribution in [-0.4, -0.2) is 42.9 Å². The van der Waals surface area contributed by atoms with Crippen molar-refractivity contribution in [2.75, 3.05) is 26.9 Å². The van der Waals surface area contributed by atoms with Crippen LogP contribution in [0.25, 0.3) is 6.08 Å². The van der Waals surface area contributed by atoms with Crippen LogP contribution in [0.5, 0.6) is 11.5 Å². The van der Waals surface area contributed by atoms with Crippen molar-refractivity contribution in [3.63, 3.8) is 0 Å². The van der Waals surface area contributed by atoms with Crippen LogP contribution in [0.2, 0.25) is 0 Å². The molecule has 0 N–H and O–H groups in total. The molecular formula is C23H23Br2NO5S. The Morgan fingerprint density at radius 2 is 1.84 bits per heavy atom. The van der Waals surface area contributed by atoms with Crippen molar-refractivity contribution in [1.29, 1.82) is 0 Å². The molecule has 2 amide bonds. The third-order valence-corrected chi connectivity index (χ3v) is 6.55. The van der Waals surface area contributed by atoms with Gasteiger partial charge in [-0.3, -0.25) is 14.5 Å². The number of hydrogen-bond donors (Lipinski definition) is 0. The monoisotopic (exact) mass is 583 g/mol. The maximum Gasteiger partial charge on any atom is 0.293 e. The normalized spacial score (nSPS) is 15.0. The van der Waals surface area contributed by atoms with Gasteiger partial charge in [0.1, 0.15) is 6.61 Å². The van der Waals surface area contributed by atoms with Crippen LogP contribution in [0.15, 0.2) is 50.2 Å². The van der Waals surface area contributed by atoms with Crippen molar-refractivity contribution in [2.45, 2.75) is 20.0 Å². The van der Waals surface area contributed by atoms with Crippen LogP contribution < -0.4 is 9.47 Å². The van der Waals surface area contributed by atoms with Crippen LogP contribution in [-0.2, 0) is 16.1 Å². The molecule has 2 aromatic rings. The molecule has 0 saturated carbocycles. The number of benzene rings is 2. The first kappa shape index (κ1) is 24.8. The Balaban J connectivity index is 1.80. The third-order valence-electron chi connectivity index (χ3n) is 4.53. The van der Waals surface area contributed by atoms with Crippen LogP contribution >= 0.6 is 43.6 Å². The van der Waals surface area contributed by atoms with Crippen molar-refractivity contribution in [1.82, 2.24) is 4.90 Å². The van der Waals surface area contributed by atoms with E-state index in [0.29, 0.717) is 53.7 Å². The SMILES string of the molecule is CCOc1cc(/C=C2/SC(=O)N(CCCOC)C2=O)cc(Br)c1OCc1ccc(Br)cc1. The number of nitrogens with zero attached hydrogens (tertiary/aromatic N) is 1. The van der Waals surface area contributed by atoms with Crippen LogP contribution in [0.3, 0.4) is 0 Å². The zero-order valence-corrected chi connectivity index (χ0v) is 21.7. The van der Waals surface area contributed by atoms with E-state index in [2.05, 4.69) is 31.9 Å². The van der Waals surface area contributed by atoms with Crippen LogP contribution in [0.1, 0.15) is 24.5 Å². The van der Waals surface area contributed by atoms with Gasteiger partial charge in [0.2, 0.25) is 0 Å². The van der Waals surface area contributed by atoms with E-state index in [1.54, 1.807) is 13.2 Å². The molecule has 3 rings (SSSR count). The first-order valence-electron chi connectivity index (χ1n) is 10.0. The average Bonchev–Trinajstić information content (AvgIpc) is 3.02. The molecule has 1 aliphatic rings. The van der Waals surface area contributed by atoms with Gasteiger partial charge in [0.15, 0.2) is 11.5 Å². The van der Waals surface area contributed by atoms with E-state index >= 15 is 0 Å². The van der Waals surface area contributed by atoms with E-state index in [0.717, 1.165) is 27.4 Å². The molecule has 1 fully saturated rings. The minimum Gasteiger partial charge on any atom is -0.490 e. The molecule has 0 unspecified atom stereocenters. The quantitative estimate of drug-likeness (QED) is 0.242. The van der Waals surface area contributed by atoms with Gasteiger partial charge < -0.3 is 14.2 Å². The summed E-state index contributed by atoms with van der Waals surface area (Å²) in [6, 6.07) is 11.5. The molecule has 2 aromatic carbocycles. The maximum atomic E-state index is 12.7. The van der Waals surface area contributed by atoms with Crippen LogP contribution in [0, 0.1) is 0 Å². The molecule has 32 heavy (non-hydrogen) atoms. The van der Waals surface area contributed by atoms with E-state index in [4.69, 9.17) is 14.2 Å². The lowest BCUT2D eigenvalue weighted by Crippen LogP contribution is -2.29. The number of imide groups is 1. The summed E-state index contributed by atoms with van der Waals surface area (Å²) in [5, 5.41) is -0.268. The van der Waals surface area contributed by atoms with Crippen molar-refractivity contribution in [3.8, 4) is 11.5 Å². The average molecular weight is 585 g/mol. The fraction of sp³-hybridized carbons (Fsp3) is 0.304. The highest BCUT2D eigenvalue weighted by atomic mass is 79.9. The maximum absolute atomic E-state index is 12.7. The molecule has 1 aliphatic heterocycles. The van der Waals surface area contributed by atoms with Gasteiger partial charge in [-0.15, -0.1) is 0 Å². The fourth-order valence-electron chi connectivity index (χ4n) is 3.02. The van der Waals surface area contributed by atoms with Gasteiger partial charge in [-0.05, 0) is 82.5 Å². The molecule has 0 aromatic heterocycles. The first-order chi connectivity index (χ1) is 15.4. The number of carbonyl (C=O) groups excluding carboxylic acids is 2. The Hall–Kier alpha value is -1.81. The number of rotatable bonds is 10. The number of hydrogen-bond acceptors (Lipinski definition) is 6. The number of halogens is 2. The highest BCUT2D eigenvalue weighted by Crippen LogP contribution is 2.39. The topological polar surface area (TPSA) is 65.1 Å². The van der Waals surface area contributed by atoms with Crippen LogP contribution in [0.4, 0.5) is 4.79 Å². The minimum absolute atomic E-state index is 0.268. The van der Waals surface area contributed by atoms with Gasteiger partial charge in [0.25, 0.3) is 11.1 Å². The summed E-state index contributed by atoms with van der Waals surface area (Å²) in [6.07, 6.45) is 2.30. The standard InChI is InChI=1S/C23H23Br2NO5S/c1-3-30-19-12-16(13-20-22(27)26(23(28)32-20)9-4-10-29-2)11-18(25)21(19)31-14-15-5-7-17(24)8-6-15/h5-8,11-13H,3-4,9-10,14H2,1-2H3/b20-13+. The second-order valence-corrected chi connectivity index (χ2v) is 9.62. The largest absolute Gasteiger partial charge is 0.490 e. The lowest BCUT2D eigenvalue weighted by molar-refractivity contribution is -0.122. The Labute approximate surface area is 208 Å². The van der Waals surface area contributed by atoms with Crippen molar-refractivity contribution in [3.05, 3.63) is 61.4 Å². The number of thioether (sulfide) groups is 1. The van der Waals surface area contributed by atoms with E-state index in [-0.39, 0.29) is 11.1 Å². The Kier molecular flexibility index (Phi) is 9.22. The second kappa shape index (κ2) is 11.9. The number of methoxy groups -OCH3 is 1. The molecule has 0 atom stereocenters. The molecule has 0 aliphatic carbocycles. The van der Waals surface area contributed by atoms with E-state index in [1.165, 1.54) is 4.90 Å². The summed E-state index contributed by atoms with van der Waals surface area (Å²) in [5.74, 6) is 0.852. The zero-order chi connectivity index (χ0) is 23.1. The second-order valence-electron chi connectivity index (χ2n) is 6.86. The minimum atomic E-state index is -0.291. The lowest BCUT2D eigenvalue weighted by Gasteiger charge is -2.15. The third kappa shape index (κ3) is 6.37. The summed E-state index contributed by atoms with van der Waals surface area (Å²) >= 11 is 7.92. The summed E-state index contributed by atoms with van der Waals surface area (Å²) in [6.45, 7) is 3.57. The van der Waals surface area contributed by atoms with Crippen molar-refractivity contribution in [2.24, 2.45) is 0 Å². The molecule has 6 nitrogen and oxygen atoms in total. The number of carbonyl (C=O) groups is 2. The van der Waals surface area contributed by atoms with Gasteiger partial charge in [-0.2, -0.15) is 0 Å². The molecule has 9 heteroatoms. The van der Waals surface area contributed by atoms with E-state index < -0.39 is 0 Å². The first-order valence-corrected chi connectivity index (χ1v) is 12.4. The molecule has 0 radical (unpaired) electrons. The van der Waals surface area contributed by atoms with Gasteiger partial charge in [-0.1, -0.05) is 28.1 Å². The Bertz CT molecular complexity index is 1010. The summed E-state index contributed by atoms with van der Waals surface area (Å²) in [5.41, 5.74) is 1.76. The molecule has 1 heterocycles. The number of ether oxygens (including phenoxy) is 3. The smallest absolute Gasteiger partial charge is 0.293 e. The van der Waals surface area contributed by atoms with Crippen molar-refractivity contribution < 1.29 is 23.8 Å².